The Morgan fingerprint density at radius 1 is 1.11 bits per heavy atom. The van der Waals surface area contributed by atoms with Gasteiger partial charge >= 0.3 is 11.9 Å². The van der Waals surface area contributed by atoms with Gasteiger partial charge in [-0.3, -0.25) is 9.59 Å². The third-order valence-electron chi connectivity index (χ3n) is 1.21. The molecule has 48 valence electrons. The van der Waals surface area contributed by atoms with E-state index in [1.807, 2.05) is 0 Å². The van der Waals surface area contributed by atoms with Crippen molar-refractivity contribution >= 4 is 11.9 Å². The molecule has 0 aliphatic heterocycles. The standard InChI is InChI=1S/C5H4O4/c6-3(7)5(1-2-5)4(8)9/h1-2H,(H,6,7)(H,8,9). The molecule has 4 nitrogen and oxygen atoms in total. The van der Waals surface area contributed by atoms with Crippen LogP contribution in [0.25, 0.3) is 0 Å². The average molecular weight is 128 g/mol. The molecule has 0 bridgehead atoms. The number of carboxylic acid groups (broad SMARTS) is 2. The fourth-order valence-corrected chi connectivity index (χ4v) is 0.460. The topological polar surface area (TPSA) is 74.6 Å². The van der Waals surface area contributed by atoms with Gasteiger partial charge in [0.25, 0.3) is 0 Å². The van der Waals surface area contributed by atoms with Gasteiger partial charge in [-0.05, 0) is 0 Å². The third kappa shape index (κ3) is 0.595. The Morgan fingerprint density at radius 2 is 1.44 bits per heavy atom. The molecule has 4 heteroatoms. The van der Waals surface area contributed by atoms with Crippen molar-refractivity contribution < 1.29 is 19.8 Å². The summed E-state index contributed by atoms with van der Waals surface area (Å²) in [5.74, 6) is -2.65. The lowest BCUT2D eigenvalue weighted by Crippen LogP contribution is -2.26. The minimum atomic E-state index is -1.67. The Kier molecular flexibility index (Phi) is 0.865. The lowest BCUT2D eigenvalue weighted by atomic mass is 10.1. The number of hydrogen-bond acceptors (Lipinski definition) is 2. The van der Waals surface area contributed by atoms with Crippen molar-refractivity contribution in [3.63, 3.8) is 0 Å². The predicted octanol–water partition coefficient (Wildman–Crippen LogP) is -0.288. The van der Waals surface area contributed by atoms with Crippen LogP contribution < -0.4 is 0 Å². The molecule has 0 radical (unpaired) electrons. The summed E-state index contributed by atoms with van der Waals surface area (Å²) in [5.41, 5.74) is -1.67. The molecule has 2 N–H and O–H groups in total. The number of rotatable bonds is 2. The molecular weight excluding hydrogens is 124 g/mol. The Labute approximate surface area is 50.4 Å². The summed E-state index contributed by atoms with van der Waals surface area (Å²) in [4.78, 5) is 20.2. The highest BCUT2D eigenvalue weighted by Gasteiger charge is 2.50. The Morgan fingerprint density at radius 3 is 1.44 bits per heavy atom. The summed E-state index contributed by atoms with van der Waals surface area (Å²) >= 11 is 0. The van der Waals surface area contributed by atoms with Crippen LogP contribution >= 0.6 is 0 Å². The van der Waals surface area contributed by atoms with Crippen LogP contribution in [-0.2, 0) is 9.59 Å². The quantitative estimate of drug-likeness (QED) is 0.396. The zero-order valence-corrected chi connectivity index (χ0v) is 4.37. The first-order valence-corrected chi connectivity index (χ1v) is 2.27. The van der Waals surface area contributed by atoms with Gasteiger partial charge in [0, 0.05) is 0 Å². The molecular formula is C5H4O4. The van der Waals surface area contributed by atoms with E-state index in [1.54, 1.807) is 0 Å². The normalized spacial score (nSPS) is 19.1. The predicted molar refractivity (Wildman–Crippen MR) is 26.8 cm³/mol. The molecule has 0 spiro atoms. The molecule has 0 saturated heterocycles. The van der Waals surface area contributed by atoms with Crippen LogP contribution in [0.3, 0.4) is 0 Å². The van der Waals surface area contributed by atoms with Crippen LogP contribution in [0.4, 0.5) is 0 Å². The molecule has 0 unspecified atom stereocenters. The summed E-state index contributed by atoms with van der Waals surface area (Å²) < 4.78 is 0. The number of aliphatic carboxylic acids is 2. The van der Waals surface area contributed by atoms with Crippen LogP contribution in [0.2, 0.25) is 0 Å². The van der Waals surface area contributed by atoms with Gasteiger partial charge in [0.1, 0.15) is 0 Å². The molecule has 1 aliphatic rings. The maximum absolute atomic E-state index is 10.1. The van der Waals surface area contributed by atoms with E-state index in [-0.39, 0.29) is 0 Å². The smallest absolute Gasteiger partial charge is 0.328 e. The third-order valence-corrected chi connectivity index (χ3v) is 1.21. The van der Waals surface area contributed by atoms with E-state index in [0.29, 0.717) is 0 Å². The highest BCUT2D eigenvalue weighted by Crippen LogP contribution is 2.34. The highest BCUT2D eigenvalue weighted by molar-refractivity contribution is 6.07. The van der Waals surface area contributed by atoms with Crippen molar-refractivity contribution in [1.29, 1.82) is 0 Å². The van der Waals surface area contributed by atoms with E-state index in [4.69, 9.17) is 10.2 Å². The number of hydrogen-bond donors (Lipinski definition) is 2. The van der Waals surface area contributed by atoms with Gasteiger partial charge < -0.3 is 10.2 Å². The second kappa shape index (κ2) is 1.34. The lowest BCUT2D eigenvalue weighted by molar-refractivity contribution is -0.154. The molecule has 0 aromatic rings. The van der Waals surface area contributed by atoms with Crippen LogP contribution in [0.1, 0.15) is 0 Å². The van der Waals surface area contributed by atoms with Gasteiger partial charge in [-0.1, -0.05) is 12.2 Å². The minimum Gasteiger partial charge on any atom is -0.480 e. The fourth-order valence-electron chi connectivity index (χ4n) is 0.460. The first kappa shape index (κ1) is 5.81. The molecule has 0 atom stereocenters. The van der Waals surface area contributed by atoms with Crippen LogP contribution in [-0.4, -0.2) is 22.2 Å². The molecule has 1 aliphatic carbocycles. The zero-order valence-electron chi connectivity index (χ0n) is 4.37. The summed E-state index contributed by atoms with van der Waals surface area (Å²) in [5, 5.41) is 16.5. The van der Waals surface area contributed by atoms with Crippen LogP contribution in [0.15, 0.2) is 12.2 Å². The van der Waals surface area contributed by atoms with Gasteiger partial charge in [-0.15, -0.1) is 0 Å². The van der Waals surface area contributed by atoms with Crippen molar-refractivity contribution in [3.8, 4) is 0 Å². The van der Waals surface area contributed by atoms with Crippen LogP contribution in [0, 0.1) is 5.41 Å². The van der Waals surface area contributed by atoms with Crippen molar-refractivity contribution in [1.82, 2.24) is 0 Å². The first-order valence-electron chi connectivity index (χ1n) is 2.27. The fraction of sp³-hybridized carbons (Fsp3) is 0.200. The maximum Gasteiger partial charge on any atom is 0.328 e. The molecule has 9 heavy (non-hydrogen) atoms. The number of carboxylic acids is 2. The van der Waals surface area contributed by atoms with E-state index in [1.165, 1.54) is 0 Å². The van der Waals surface area contributed by atoms with Gasteiger partial charge in [0.05, 0.1) is 0 Å². The summed E-state index contributed by atoms with van der Waals surface area (Å²) in [6.45, 7) is 0. The molecule has 0 aromatic heterocycles. The van der Waals surface area contributed by atoms with E-state index < -0.39 is 17.4 Å². The van der Waals surface area contributed by atoms with Crippen LogP contribution in [0.5, 0.6) is 0 Å². The van der Waals surface area contributed by atoms with E-state index in [9.17, 15) is 9.59 Å². The molecule has 0 amide bonds. The van der Waals surface area contributed by atoms with E-state index in [2.05, 4.69) is 0 Å². The van der Waals surface area contributed by atoms with Crippen molar-refractivity contribution in [2.75, 3.05) is 0 Å². The number of carbonyl (C=O) groups is 2. The second-order valence-electron chi connectivity index (χ2n) is 1.81. The Balaban J connectivity index is 2.77. The summed E-state index contributed by atoms with van der Waals surface area (Å²) in [7, 11) is 0. The monoisotopic (exact) mass is 128 g/mol. The molecule has 0 heterocycles. The van der Waals surface area contributed by atoms with Gasteiger partial charge in [-0.2, -0.15) is 0 Å². The first-order chi connectivity index (χ1) is 4.09. The molecule has 0 aromatic carbocycles. The maximum atomic E-state index is 10.1. The molecule has 1 rings (SSSR count). The second-order valence-corrected chi connectivity index (χ2v) is 1.81. The van der Waals surface area contributed by atoms with E-state index >= 15 is 0 Å². The SMILES string of the molecule is O=C(O)C1(C(=O)O)C=C1. The largest absolute Gasteiger partial charge is 0.480 e. The average Bonchev–Trinajstić information content (AvgIpc) is 2.40. The molecule has 0 saturated carbocycles. The van der Waals surface area contributed by atoms with E-state index in [0.717, 1.165) is 12.2 Å². The van der Waals surface area contributed by atoms with Crippen molar-refractivity contribution in [2.24, 2.45) is 5.41 Å². The Bertz CT molecular complexity index is 181. The van der Waals surface area contributed by atoms with Gasteiger partial charge in [0.2, 0.25) is 5.41 Å². The summed E-state index contributed by atoms with van der Waals surface area (Å²) in [6.07, 6.45) is 2.27. The van der Waals surface area contributed by atoms with Gasteiger partial charge in [-0.25, -0.2) is 0 Å². The van der Waals surface area contributed by atoms with Crippen molar-refractivity contribution in [3.05, 3.63) is 12.2 Å². The van der Waals surface area contributed by atoms with Gasteiger partial charge in [0.15, 0.2) is 0 Å². The minimum absolute atomic E-state index is 1.14. The van der Waals surface area contributed by atoms with Crippen molar-refractivity contribution in [2.45, 2.75) is 0 Å². The molecule has 0 fully saturated rings. The lowest BCUT2D eigenvalue weighted by Gasteiger charge is -2.00. The Hall–Kier alpha value is -1.32. The summed E-state index contributed by atoms with van der Waals surface area (Å²) in [6, 6.07) is 0. The highest BCUT2D eigenvalue weighted by atomic mass is 16.4. The zero-order chi connectivity index (χ0) is 7.07.